The Bertz CT molecular complexity index is 1120. The Kier molecular flexibility index (Phi) is 8.71. The van der Waals surface area contributed by atoms with Gasteiger partial charge in [0.05, 0.1) is 17.8 Å². The molecule has 1 N–H and O–H groups in total. The molecule has 0 aliphatic carbocycles. The summed E-state index contributed by atoms with van der Waals surface area (Å²) in [7, 11) is 1.57. The average Bonchev–Trinajstić information content (AvgIpc) is 2.82. The zero-order valence-electron chi connectivity index (χ0n) is 19.8. The van der Waals surface area contributed by atoms with E-state index in [0.29, 0.717) is 23.9 Å². The minimum atomic E-state index is -0.356. The van der Waals surface area contributed by atoms with Gasteiger partial charge < -0.3 is 14.2 Å². The molecule has 0 aliphatic rings. The van der Waals surface area contributed by atoms with Gasteiger partial charge in [-0.05, 0) is 62.3 Å². The number of hydrazone groups is 1. The Morgan fingerprint density at radius 3 is 2.38 bits per heavy atom. The van der Waals surface area contributed by atoms with Gasteiger partial charge in [0, 0.05) is 0 Å². The van der Waals surface area contributed by atoms with E-state index in [9.17, 15) is 4.79 Å². The smallest absolute Gasteiger partial charge is 0.277 e. The summed E-state index contributed by atoms with van der Waals surface area (Å²) in [4.78, 5) is 12.1. The molecule has 0 bridgehead atoms. The molecule has 7 heteroatoms. The molecule has 0 fully saturated rings. The summed E-state index contributed by atoms with van der Waals surface area (Å²) in [6.45, 7) is 6.72. The third kappa shape index (κ3) is 7.35. The van der Waals surface area contributed by atoms with Crippen molar-refractivity contribution in [3.05, 3.63) is 87.9 Å². The Morgan fingerprint density at radius 2 is 1.74 bits per heavy atom. The number of hydrogen-bond donors (Lipinski definition) is 1. The van der Waals surface area contributed by atoms with Crippen LogP contribution in [-0.2, 0) is 16.8 Å². The molecule has 0 radical (unpaired) electrons. The van der Waals surface area contributed by atoms with Crippen molar-refractivity contribution in [2.75, 3.05) is 13.7 Å². The molecule has 0 aliphatic heterocycles. The van der Waals surface area contributed by atoms with Gasteiger partial charge in [0.1, 0.15) is 12.4 Å². The predicted octanol–water partition coefficient (Wildman–Crippen LogP) is 5.86. The van der Waals surface area contributed by atoms with Gasteiger partial charge in [0.25, 0.3) is 5.91 Å². The highest BCUT2D eigenvalue weighted by Crippen LogP contribution is 2.36. The standard InChI is InChI=1S/C27H29BrN2O4/c1-27(2,3)21-10-12-22(13-11-21)33-18-25(31)30-29-16-20-14-23(28)26(24(15-20)32-4)34-17-19-8-6-5-7-9-19/h5-16H,17-18H2,1-4H3,(H,30,31)/b29-16+. The maximum absolute atomic E-state index is 12.1. The molecule has 3 rings (SSSR count). The molecular formula is C27H29BrN2O4. The number of ether oxygens (including phenoxy) is 3. The van der Waals surface area contributed by atoms with Crippen LogP contribution in [-0.4, -0.2) is 25.8 Å². The van der Waals surface area contributed by atoms with E-state index in [4.69, 9.17) is 14.2 Å². The highest BCUT2D eigenvalue weighted by Gasteiger charge is 2.14. The van der Waals surface area contributed by atoms with E-state index in [1.54, 1.807) is 13.2 Å². The number of benzene rings is 3. The first-order valence-electron chi connectivity index (χ1n) is 10.9. The maximum Gasteiger partial charge on any atom is 0.277 e. The lowest BCUT2D eigenvalue weighted by atomic mass is 9.87. The Morgan fingerprint density at radius 1 is 1.03 bits per heavy atom. The second kappa shape index (κ2) is 11.7. The van der Waals surface area contributed by atoms with Crippen LogP contribution in [0, 0.1) is 0 Å². The van der Waals surface area contributed by atoms with Crippen LogP contribution in [0.1, 0.15) is 37.5 Å². The number of nitrogens with one attached hydrogen (secondary N) is 1. The minimum absolute atomic E-state index is 0.0640. The fourth-order valence-electron chi connectivity index (χ4n) is 3.10. The summed E-state index contributed by atoms with van der Waals surface area (Å²) in [6, 6.07) is 21.2. The minimum Gasteiger partial charge on any atom is -0.493 e. The van der Waals surface area contributed by atoms with Gasteiger partial charge in [-0.3, -0.25) is 4.79 Å². The Hall–Kier alpha value is -3.32. The molecule has 3 aromatic rings. The van der Waals surface area contributed by atoms with E-state index in [0.717, 1.165) is 15.6 Å². The van der Waals surface area contributed by atoms with E-state index in [2.05, 4.69) is 47.2 Å². The second-order valence-corrected chi connectivity index (χ2v) is 9.52. The molecule has 0 aromatic heterocycles. The lowest BCUT2D eigenvalue weighted by molar-refractivity contribution is -0.123. The molecule has 0 heterocycles. The van der Waals surface area contributed by atoms with E-state index in [1.807, 2.05) is 60.7 Å². The highest BCUT2D eigenvalue weighted by molar-refractivity contribution is 9.10. The van der Waals surface area contributed by atoms with Crippen LogP contribution in [0.3, 0.4) is 0 Å². The molecular weight excluding hydrogens is 496 g/mol. The molecule has 6 nitrogen and oxygen atoms in total. The molecule has 0 atom stereocenters. The SMILES string of the molecule is COc1cc(/C=N/NC(=O)COc2ccc(C(C)(C)C)cc2)cc(Br)c1OCc1ccccc1. The summed E-state index contributed by atoms with van der Waals surface area (Å²) in [6.07, 6.45) is 1.53. The van der Waals surface area contributed by atoms with Crippen molar-refractivity contribution in [3.8, 4) is 17.2 Å². The van der Waals surface area contributed by atoms with Gasteiger partial charge in [-0.15, -0.1) is 0 Å². The van der Waals surface area contributed by atoms with Crippen molar-refractivity contribution in [2.24, 2.45) is 5.10 Å². The number of methoxy groups -OCH3 is 1. The third-order valence-electron chi connectivity index (χ3n) is 4.97. The van der Waals surface area contributed by atoms with Gasteiger partial charge in [-0.1, -0.05) is 63.2 Å². The largest absolute Gasteiger partial charge is 0.493 e. The molecule has 3 aromatic carbocycles. The maximum atomic E-state index is 12.1. The summed E-state index contributed by atoms with van der Waals surface area (Å²) in [5.41, 5.74) is 5.52. The summed E-state index contributed by atoms with van der Waals surface area (Å²) >= 11 is 3.53. The van der Waals surface area contributed by atoms with Crippen LogP contribution >= 0.6 is 15.9 Å². The van der Waals surface area contributed by atoms with E-state index < -0.39 is 0 Å². The number of nitrogens with zero attached hydrogens (tertiary/aromatic N) is 1. The van der Waals surface area contributed by atoms with Gasteiger partial charge in [0.15, 0.2) is 18.1 Å². The van der Waals surface area contributed by atoms with Crippen LogP contribution in [0.2, 0.25) is 0 Å². The van der Waals surface area contributed by atoms with Crippen molar-refractivity contribution >= 4 is 28.1 Å². The summed E-state index contributed by atoms with van der Waals surface area (Å²) in [5, 5.41) is 4.02. The molecule has 1 amide bonds. The van der Waals surface area contributed by atoms with Crippen molar-refractivity contribution in [1.82, 2.24) is 5.43 Å². The van der Waals surface area contributed by atoms with Crippen molar-refractivity contribution in [1.29, 1.82) is 0 Å². The van der Waals surface area contributed by atoms with E-state index in [1.165, 1.54) is 11.8 Å². The summed E-state index contributed by atoms with van der Waals surface area (Å²) in [5.74, 6) is 1.43. The van der Waals surface area contributed by atoms with Crippen LogP contribution in [0.4, 0.5) is 0 Å². The number of carbonyl (C=O) groups is 1. The van der Waals surface area contributed by atoms with Gasteiger partial charge >= 0.3 is 0 Å². The van der Waals surface area contributed by atoms with Crippen LogP contribution in [0.25, 0.3) is 0 Å². The van der Waals surface area contributed by atoms with Crippen LogP contribution in [0.15, 0.2) is 76.3 Å². The van der Waals surface area contributed by atoms with Crippen LogP contribution < -0.4 is 19.6 Å². The fraction of sp³-hybridized carbons (Fsp3) is 0.259. The summed E-state index contributed by atoms with van der Waals surface area (Å²) < 4.78 is 17.7. The van der Waals surface area contributed by atoms with Gasteiger partial charge in [-0.2, -0.15) is 5.10 Å². The number of carbonyl (C=O) groups excluding carboxylic acids is 1. The predicted molar refractivity (Wildman–Crippen MR) is 138 cm³/mol. The number of amides is 1. The molecule has 0 saturated heterocycles. The monoisotopic (exact) mass is 524 g/mol. The van der Waals surface area contributed by atoms with Crippen molar-refractivity contribution in [2.45, 2.75) is 32.8 Å². The third-order valence-corrected chi connectivity index (χ3v) is 5.56. The Balaban J connectivity index is 1.54. The van der Waals surface area contributed by atoms with Crippen molar-refractivity contribution < 1.29 is 19.0 Å². The average molecular weight is 525 g/mol. The Labute approximate surface area is 209 Å². The lowest BCUT2D eigenvalue weighted by Gasteiger charge is -2.19. The number of rotatable bonds is 9. The van der Waals surface area contributed by atoms with E-state index in [-0.39, 0.29) is 17.9 Å². The molecule has 178 valence electrons. The topological polar surface area (TPSA) is 69.2 Å². The van der Waals surface area contributed by atoms with Gasteiger partial charge in [-0.25, -0.2) is 5.43 Å². The first-order valence-corrected chi connectivity index (χ1v) is 11.6. The normalized spacial score (nSPS) is 11.3. The lowest BCUT2D eigenvalue weighted by Crippen LogP contribution is -2.24. The van der Waals surface area contributed by atoms with Gasteiger partial charge in [0.2, 0.25) is 0 Å². The highest BCUT2D eigenvalue weighted by atomic mass is 79.9. The fourth-order valence-corrected chi connectivity index (χ4v) is 3.67. The zero-order valence-corrected chi connectivity index (χ0v) is 21.4. The molecule has 0 unspecified atom stereocenters. The quantitative estimate of drug-likeness (QED) is 0.281. The molecule has 0 saturated carbocycles. The molecule has 0 spiro atoms. The van der Waals surface area contributed by atoms with Crippen LogP contribution in [0.5, 0.6) is 17.2 Å². The first kappa shape index (κ1) is 25.3. The van der Waals surface area contributed by atoms with Crippen molar-refractivity contribution in [3.63, 3.8) is 0 Å². The zero-order chi connectivity index (χ0) is 24.6. The number of hydrogen-bond acceptors (Lipinski definition) is 5. The number of halogens is 1. The second-order valence-electron chi connectivity index (χ2n) is 8.66. The first-order chi connectivity index (χ1) is 16.3. The van der Waals surface area contributed by atoms with E-state index >= 15 is 0 Å². The molecule has 34 heavy (non-hydrogen) atoms.